The number of nitrogen functional groups attached to an aromatic ring is 1. The molecular weight excluding hydrogens is 302 g/mol. The largest absolute Gasteiger partial charge is 0.504 e. The predicted octanol–water partition coefficient (Wildman–Crippen LogP) is 2.36. The van der Waals surface area contributed by atoms with Gasteiger partial charge in [0.2, 0.25) is 0 Å². The van der Waals surface area contributed by atoms with Gasteiger partial charge in [-0.3, -0.25) is 0 Å². The number of methoxy groups -OCH3 is 1. The maximum Gasteiger partial charge on any atom is 0.188 e. The van der Waals surface area contributed by atoms with Crippen LogP contribution in [0.4, 0.5) is 5.69 Å². The number of hydrogen-bond acceptors (Lipinski definition) is 5. The number of anilines is 1. The van der Waals surface area contributed by atoms with E-state index in [1.807, 2.05) is 0 Å². The fraction of sp³-hybridized carbons (Fsp3) is 0.538. The number of sulfone groups is 1. The summed E-state index contributed by atoms with van der Waals surface area (Å²) in [7, 11) is -2.29. The molecule has 0 saturated heterocycles. The predicted molar refractivity (Wildman–Crippen MR) is 77.8 cm³/mol. The van der Waals surface area contributed by atoms with E-state index < -0.39 is 20.8 Å². The Kier molecular flexibility index (Phi) is 4.46. The maximum absolute atomic E-state index is 12.8. The molecule has 1 aliphatic rings. The van der Waals surface area contributed by atoms with Crippen LogP contribution in [0.25, 0.3) is 0 Å². The number of benzene rings is 1. The van der Waals surface area contributed by atoms with Crippen LogP contribution in [0.15, 0.2) is 17.0 Å². The van der Waals surface area contributed by atoms with Gasteiger partial charge < -0.3 is 15.6 Å². The molecule has 1 aromatic rings. The van der Waals surface area contributed by atoms with Gasteiger partial charge in [-0.2, -0.15) is 0 Å². The topological polar surface area (TPSA) is 89.6 Å². The number of hydrogen-bond donors (Lipinski definition) is 2. The smallest absolute Gasteiger partial charge is 0.188 e. The van der Waals surface area contributed by atoms with Crippen LogP contribution in [0.5, 0.6) is 5.75 Å². The van der Waals surface area contributed by atoms with Gasteiger partial charge in [0.1, 0.15) is 4.90 Å². The van der Waals surface area contributed by atoms with Crippen LogP contribution in [0, 0.1) is 0 Å². The summed E-state index contributed by atoms with van der Waals surface area (Å²) in [4.78, 5) is -0.284. The second kappa shape index (κ2) is 5.79. The molecule has 5 nitrogen and oxygen atoms in total. The fourth-order valence-electron chi connectivity index (χ4n) is 2.67. The number of ether oxygens (including phenoxy) is 1. The molecule has 112 valence electrons. The lowest BCUT2D eigenvalue weighted by Gasteiger charge is -2.30. The number of phenolic OH excluding ortho intramolecular Hbond substituents is 1. The lowest BCUT2D eigenvalue weighted by atomic mass is 9.97. The van der Waals surface area contributed by atoms with Gasteiger partial charge >= 0.3 is 0 Å². The Morgan fingerprint density at radius 1 is 1.35 bits per heavy atom. The van der Waals surface area contributed by atoms with Crippen molar-refractivity contribution >= 4 is 27.1 Å². The maximum atomic E-state index is 12.8. The van der Waals surface area contributed by atoms with Crippen molar-refractivity contribution in [3.8, 4) is 5.75 Å². The first-order chi connectivity index (χ1) is 9.39. The van der Waals surface area contributed by atoms with Crippen LogP contribution < -0.4 is 5.73 Å². The molecule has 20 heavy (non-hydrogen) atoms. The summed E-state index contributed by atoms with van der Waals surface area (Å²) in [6.07, 6.45) is 2.53. The van der Waals surface area contributed by atoms with Gasteiger partial charge in [0, 0.05) is 7.11 Å². The van der Waals surface area contributed by atoms with E-state index in [0.717, 1.165) is 12.8 Å². The molecule has 0 aromatic heterocycles. The summed E-state index contributed by atoms with van der Waals surface area (Å²) in [6, 6.07) is 2.76. The Labute approximate surface area is 123 Å². The molecule has 2 atom stereocenters. The molecule has 1 aliphatic carbocycles. The van der Waals surface area contributed by atoms with Crippen molar-refractivity contribution in [2.24, 2.45) is 0 Å². The average molecular weight is 320 g/mol. The zero-order valence-electron chi connectivity index (χ0n) is 11.2. The second-order valence-electron chi connectivity index (χ2n) is 4.96. The van der Waals surface area contributed by atoms with Crippen molar-refractivity contribution in [3.63, 3.8) is 0 Å². The summed E-state index contributed by atoms with van der Waals surface area (Å²) in [5.41, 5.74) is 5.58. The Bertz CT molecular complexity index is 603. The normalized spacial score (nSPS) is 23.7. The highest BCUT2D eigenvalue weighted by Gasteiger charge is 2.39. The molecule has 1 fully saturated rings. The van der Waals surface area contributed by atoms with Gasteiger partial charge in [0.05, 0.1) is 22.1 Å². The third kappa shape index (κ3) is 2.60. The molecule has 0 bridgehead atoms. The highest BCUT2D eigenvalue weighted by Crippen LogP contribution is 2.40. The second-order valence-corrected chi connectivity index (χ2v) is 7.47. The van der Waals surface area contributed by atoms with Gasteiger partial charge in [0.25, 0.3) is 0 Å². The van der Waals surface area contributed by atoms with Gasteiger partial charge in [-0.25, -0.2) is 8.42 Å². The van der Waals surface area contributed by atoms with E-state index in [4.69, 9.17) is 22.1 Å². The standard InChI is InChI=1S/C13H18ClNO4S/c1-19-10-4-2-3-5-11(10)20(17,18)13-8(14)6-7-9(15)12(13)16/h6-7,10-11,16H,2-5,15H2,1H3/t10-,11?/m0/s1. The molecule has 0 amide bonds. The summed E-state index contributed by atoms with van der Waals surface area (Å²) in [5, 5.41) is 9.26. The van der Waals surface area contributed by atoms with E-state index in [1.165, 1.54) is 19.2 Å². The quantitative estimate of drug-likeness (QED) is 0.659. The Morgan fingerprint density at radius 2 is 2.00 bits per heavy atom. The van der Waals surface area contributed by atoms with Crippen LogP contribution in [0.1, 0.15) is 25.7 Å². The van der Waals surface area contributed by atoms with Gasteiger partial charge in [-0.15, -0.1) is 0 Å². The molecule has 2 rings (SSSR count). The zero-order chi connectivity index (χ0) is 14.9. The van der Waals surface area contributed by atoms with Gasteiger partial charge in [-0.1, -0.05) is 24.4 Å². The van der Waals surface area contributed by atoms with Crippen LogP contribution in [-0.4, -0.2) is 32.0 Å². The fourth-order valence-corrected chi connectivity index (χ4v) is 5.30. The van der Waals surface area contributed by atoms with E-state index in [1.54, 1.807) is 0 Å². The van der Waals surface area contributed by atoms with E-state index in [0.29, 0.717) is 12.8 Å². The first-order valence-electron chi connectivity index (χ1n) is 6.43. The summed E-state index contributed by atoms with van der Waals surface area (Å²) >= 11 is 5.96. The molecule has 0 spiro atoms. The molecule has 0 radical (unpaired) electrons. The number of rotatable bonds is 3. The van der Waals surface area contributed by atoms with Crippen molar-refractivity contribution in [1.29, 1.82) is 0 Å². The van der Waals surface area contributed by atoms with E-state index >= 15 is 0 Å². The first-order valence-corrected chi connectivity index (χ1v) is 8.35. The van der Waals surface area contributed by atoms with Crippen LogP contribution >= 0.6 is 11.6 Å². The van der Waals surface area contributed by atoms with E-state index in [9.17, 15) is 13.5 Å². The number of phenols is 1. The van der Waals surface area contributed by atoms with Crippen LogP contribution in [0.2, 0.25) is 5.02 Å². The number of nitrogens with two attached hydrogens (primary N) is 1. The minimum Gasteiger partial charge on any atom is -0.504 e. The summed E-state index contributed by atoms with van der Waals surface area (Å²) < 4.78 is 30.8. The van der Waals surface area contributed by atoms with E-state index in [-0.39, 0.29) is 21.7 Å². The molecule has 0 aliphatic heterocycles. The zero-order valence-corrected chi connectivity index (χ0v) is 12.7. The monoisotopic (exact) mass is 319 g/mol. The van der Waals surface area contributed by atoms with Crippen molar-refractivity contribution in [2.45, 2.75) is 41.9 Å². The molecule has 3 N–H and O–H groups in total. The average Bonchev–Trinajstić information content (AvgIpc) is 2.43. The molecule has 0 heterocycles. The van der Waals surface area contributed by atoms with Crippen molar-refractivity contribution < 1.29 is 18.3 Å². The molecule has 1 unspecified atom stereocenters. The number of aromatic hydroxyl groups is 1. The highest BCUT2D eigenvalue weighted by molar-refractivity contribution is 7.92. The van der Waals surface area contributed by atoms with Gasteiger partial charge in [-0.05, 0) is 25.0 Å². The first kappa shape index (κ1) is 15.4. The third-order valence-corrected chi connectivity index (χ3v) is 6.49. The molecule has 1 saturated carbocycles. The molecular formula is C13H18ClNO4S. The minimum absolute atomic E-state index is 0.00208. The Hall–Kier alpha value is -0.980. The van der Waals surface area contributed by atoms with Gasteiger partial charge in [0.15, 0.2) is 15.6 Å². The lowest BCUT2D eigenvalue weighted by molar-refractivity contribution is 0.0737. The summed E-state index contributed by atoms with van der Waals surface area (Å²) in [5.74, 6) is -0.474. The SMILES string of the molecule is CO[C@H]1CCCCC1S(=O)(=O)c1c(Cl)ccc(N)c1O. The summed E-state index contributed by atoms with van der Waals surface area (Å²) in [6.45, 7) is 0. The molecule has 1 aromatic carbocycles. The van der Waals surface area contributed by atoms with Crippen LogP contribution in [0.3, 0.4) is 0 Å². The minimum atomic E-state index is -3.79. The van der Waals surface area contributed by atoms with E-state index in [2.05, 4.69) is 0 Å². The Balaban J connectivity index is 2.52. The van der Waals surface area contributed by atoms with Crippen molar-refractivity contribution in [2.75, 3.05) is 12.8 Å². The Morgan fingerprint density at radius 3 is 2.65 bits per heavy atom. The van der Waals surface area contributed by atoms with Crippen molar-refractivity contribution in [1.82, 2.24) is 0 Å². The third-order valence-electron chi connectivity index (χ3n) is 3.74. The van der Waals surface area contributed by atoms with Crippen LogP contribution in [-0.2, 0) is 14.6 Å². The number of halogens is 1. The van der Waals surface area contributed by atoms with Crippen molar-refractivity contribution in [3.05, 3.63) is 17.2 Å². The lowest BCUT2D eigenvalue weighted by Crippen LogP contribution is -2.38. The molecule has 7 heteroatoms. The highest BCUT2D eigenvalue weighted by atomic mass is 35.5.